The van der Waals surface area contributed by atoms with Gasteiger partial charge in [-0.15, -0.1) is 0 Å². The highest BCUT2D eigenvalue weighted by Gasteiger charge is 2.19. The first-order valence-corrected chi connectivity index (χ1v) is 8.38. The molecule has 1 aromatic heterocycles. The summed E-state index contributed by atoms with van der Waals surface area (Å²) < 4.78 is 13.9. The van der Waals surface area contributed by atoms with Gasteiger partial charge in [0.15, 0.2) is 0 Å². The van der Waals surface area contributed by atoms with Crippen LogP contribution in [0.3, 0.4) is 0 Å². The Morgan fingerprint density at radius 3 is 2.75 bits per heavy atom. The number of hydrogen-bond donors (Lipinski definition) is 1. The number of hydrogen-bond acceptors (Lipinski definition) is 5. The van der Waals surface area contributed by atoms with E-state index in [-0.39, 0.29) is 5.82 Å². The number of para-hydroxylation sites is 1. The summed E-state index contributed by atoms with van der Waals surface area (Å²) in [5.74, 6) is -0.319. The average Bonchev–Trinajstić information content (AvgIpc) is 2.57. The van der Waals surface area contributed by atoms with Crippen molar-refractivity contribution in [1.29, 1.82) is 0 Å². The van der Waals surface area contributed by atoms with E-state index in [9.17, 15) is 9.50 Å². The van der Waals surface area contributed by atoms with Gasteiger partial charge in [-0.25, -0.2) is 4.39 Å². The van der Waals surface area contributed by atoms with Gasteiger partial charge in [0, 0.05) is 63.6 Å². The molecule has 24 heavy (non-hydrogen) atoms. The number of likely N-dealkylation sites (N-methyl/N-ethyl adjacent to an activating group) is 2. The molecule has 0 bridgehead atoms. The van der Waals surface area contributed by atoms with Crippen LogP contribution in [0, 0.1) is 5.82 Å². The Hall–Kier alpha value is -1.76. The standard InChI is InChI=1S/C18H25FN4O/c1-21-8-10-23(11-9-21)13-14(24)12-22(2)17-6-7-20-18-15(17)4-3-5-16(18)19/h3-7,14,24H,8-13H2,1-2H3/t14-/m1/s1. The van der Waals surface area contributed by atoms with E-state index < -0.39 is 6.10 Å². The Morgan fingerprint density at radius 2 is 2.00 bits per heavy atom. The number of β-amino-alcohol motifs (C(OH)–C–C–N with tert-alkyl or cyclic N) is 1. The second-order valence-corrected chi connectivity index (χ2v) is 6.60. The van der Waals surface area contributed by atoms with E-state index >= 15 is 0 Å². The van der Waals surface area contributed by atoms with E-state index in [0.717, 1.165) is 37.3 Å². The average molecular weight is 332 g/mol. The van der Waals surface area contributed by atoms with E-state index in [1.165, 1.54) is 6.07 Å². The summed E-state index contributed by atoms with van der Waals surface area (Å²) in [4.78, 5) is 10.7. The molecule has 1 aliphatic rings. The third-order valence-corrected chi connectivity index (χ3v) is 4.66. The Balaban J connectivity index is 1.66. The lowest BCUT2D eigenvalue weighted by molar-refractivity contribution is 0.0843. The molecule has 130 valence electrons. The van der Waals surface area contributed by atoms with Crippen LogP contribution in [0.5, 0.6) is 0 Å². The predicted molar refractivity (Wildman–Crippen MR) is 94.9 cm³/mol. The first-order chi connectivity index (χ1) is 11.5. The van der Waals surface area contributed by atoms with Crippen LogP contribution in [0.25, 0.3) is 10.9 Å². The van der Waals surface area contributed by atoms with E-state index in [4.69, 9.17) is 0 Å². The summed E-state index contributed by atoms with van der Waals surface area (Å²) in [6, 6.07) is 6.84. The number of benzene rings is 1. The number of aliphatic hydroxyl groups is 1. The van der Waals surface area contributed by atoms with Crippen LogP contribution in [0.4, 0.5) is 10.1 Å². The van der Waals surface area contributed by atoms with Gasteiger partial charge >= 0.3 is 0 Å². The summed E-state index contributed by atoms with van der Waals surface area (Å²) >= 11 is 0. The lowest BCUT2D eigenvalue weighted by Gasteiger charge is -2.34. The normalized spacial score (nSPS) is 18.0. The SMILES string of the molecule is CN1CCN(C[C@H](O)CN(C)c2ccnc3c(F)cccc23)CC1. The fraction of sp³-hybridized carbons (Fsp3) is 0.500. The minimum absolute atomic E-state index is 0.319. The number of pyridine rings is 1. The summed E-state index contributed by atoms with van der Waals surface area (Å²) in [5, 5.41) is 11.2. The number of fused-ring (bicyclic) bond motifs is 1. The van der Waals surface area contributed by atoms with Gasteiger partial charge in [0.1, 0.15) is 11.3 Å². The van der Waals surface area contributed by atoms with Gasteiger partial charge in [-0.3, -0.25) is 9.88 Å². The molecule has 0 unspecified atom stereocenters. The highest BCUT2D eigenvalue weighted by Crippen LogP contribution is 2.26. The molecular weight excluding hydrogens is 307 g/mol. The topological polar surface area (TPSA) is 42.8 Å². The summed E-state index contributed by atoms with van der Waals surface area (Å²) in [5.41, 5.74) is 1.26. The zero-order valence-corrected chi connectivity index (χ0v) is 14.3. The van der Waals surface area contributed by atoms with Gasteiger partial charge < -0.3 is 14.9 Å². The zero-order chi connectivity index (χ0) is 17.1. The molecule has 1 fully saturated rings. The minimum Gasteiger partial charge on any atom is -0.390 e. The molecule has 1 aromatic carbocycles. The molecule has 3 rings (SSSR count). The van der Waals surface area contributed by atoms with Crippen LogP contribution in [0.2, 0.25) is 0 Å². The van der Waals surface area contributed by atoms with Gasteiger partial charge in [-0.2, -0.15) is 0 Å². The lowest BCUT2D eigenvalue weighted by atomic mass is 10.1. The first kappa shape index (κ1) is 17.1. The van der Waals surface area contributed by atoms with Crippen molar-refractivity contribution in [2.75, 3.05) is 58.3 Å². The van der Waals surface area contributed by atoms with Gasteiger partial charge in [-0.1, -0.05) is 12.1 Å². The summed E-state index contributed by atoms with van der Waals surface area (Å²) in [7, 11) is 4.04. The van der Waals surface area contributed by atoms with Crippen LogP contribution < -0.4 is 4.90 Å². The van der Waals surface area contributed by atoms with Crippen LogP contribution in [-0.2, 0) is 0 Å². The largest absolute Gasteiger partial charge is 0.390 e. The third kappa shape index (κ3) is 3.83. The maximum atomic E-state index is 13.9. The first-order valence-electron chi connectivity index (χ1n) is 8.38. The van der Waals surface area contributed by atoms with Crippen molar-refractivity contribution in [2.45, 2.75) is 6.10 Å². The fourth-order valence-corrected chi connectivity index (χ4v) is 3.26. The molecule has 0 amide bonds. The van der Waals surface area contributed by atoms with E-state index in [0.29, 0.717) is 18.6 Å². The zero-order valence-electron chi connectivity index (χ0n) is 14.3. The number of rotatable bonds is 5. The van der Waals surface area contributed by atoms with Crippen molar-refractivity contribution in [3.63, 3.8) is 0 Å². The second-order valence-electron chi connectivity index (χ2n) is 6.60. The highest BCUT2D eigenvalue weighted by molar-refractivity contribution is 5.91. The number of aromatic nitrogens is 1. The molecule has 2 heterocycles. The Bertz CT molecular complexity index is 688. The van der Waals surface area contributed by atoms with Crippen LogP contribution in [-0.4, -0.2) is 79.4 Å². The number of piperazine rings is 1. The van der Waals surface area contributed by atoms with Crippen molar-refractivity contribution in [3.05, 3.63) is 36.3 Å². The van der Waals surface area contributed by atoms with E-state index in [1.54, 1.807) is 12.3 Å². The Labute approximate surface area is 142 Å². The molecular formula is C18H25FN4O. The maximum Gasteiger partial charge on any atom is 0.149 e. The molecule has 5 nitrogen and oxygen atoms in total. The second kappa shape index (κ2) is 7.42. The maximum absolute atomic E-state index is 13.9. The van der Waals surface area contributed by atoms with E-state index in [2.05, 4.69) is 21.8 Å². The number of anilines is 1. The lowest BCUT2D eigenvalue weighted by Crippen LogP contribution is -2.48. The van der Waals surface area contributed by atoms with Crippen LogP contribution in [0.1, 0.15) is 0 Å². The van der Waals surface area contributed by atoms with Crippen LogP contribution in [0.15, 0.2) is 30.5 Å². The molecule has 2 aromatic rings. The smallest absolute Gasteiger partial charge is 0.149 e. The molecule has 0 radical (unpaired) electrons. The highest BCUT2D eigenvalue weighted by atomic mass is 19.1. The Kier molecular flexibility index (Phi) is 5.28. The molecule has 1 atom stereocenters. The van der Waals surface area contributed by atoms with Crippen molar-refractivity contribution < 1.29 is 9.50 Å². The van der Waals surface area contributed by atoms with Gasteiger partial charge in [-0.05, 0) is 19.2 Å². The van der Waals surface area contributed by atoms with Crippen molar-refractivity contribution in [3.8, 4) is 0 Å². The molecule has 1 saturated heterocycles. The number of nitrogens with zero attached hydrogens (tertiary/aromatic N) is 4. The molecule has 6 heteroatoms. The summed E-state index contributed by atoms with van der Waals surface area (Å²) in [6.45, 7) is 5.21. The van der Waals surface area contributed by atoms with Gasteiger partial charge in [0.2, 0.25) is 0 Å². The predicted octanol–water partition coefficient (Wildman–Crippen LogP) is 1.42. The van der Waals surface area contributed by atoms with Crippen molar-refractivity contribution in [1.82, 2.24) is 14.8 Å². The van der Waals surface area contributed by atoms with Gasteiger partial charge in [0.05, 0.1) is 6.10 Å². The molecule has 0 spiro atoms. The van der Waals surface area contributed by atoms with Crippen LogP contribution >= 0.6 is 0 Å². The number of aliphatic hydroxyl groups excluding tert-OH is 1. The van der Waals surface area contributed by atoms with Crippen molar-refractivity contribution >= 4 is 16.6 Å². The molecule has 1 N–H and O–H groups in total. The Morgan fingerprint density at radius 1 is 1.25 bits per heavy atom. The van der Waals surface area contributed by atoms with Crippen molar-refractivity contribution in [2.24, 2.45) is 0 Å². The molecule has 0 aliphatic carbocycles. The molecule has 0 saturated carbocycles. The number of halogens is 1. The quantitative estimate of drug-likeness (QED) is 0.897. The monoisotopic (exact) mass is 332 g/mol. The summed E-state index contributed by atoms with van der Waals surface area (Å²) in [6.07, 6.45) is 1.17. The molecule has 1 aliphatic heterocycles. The minimum atomic E-state index is -0.449. The third-order valence-electron chi connectivity index (χ3n) is 4.66. The van der Waals surface area contributed by atoms with Gasteiger partial charge in [0.25, 0.3) is 0 Å². The van der Waals surface area contributed by atoms with E-state index in [1.807, 2.05) is 24.1 Å². The fourth-order valence-electron chi connectivity index (χ4n) is 3.26.